The summed E-state index contributed by atoms with van der Waals surface area (Å²) in [7, 11) is 0. The lowest BCUT2D eigenvalue weighted by Crippen LogP contribution is -2.34. The van der Waals surface area contributed by atoms with E-state index in [1.54, 1.807) is 48.5 Å². The van der Waals surface area contributed by atoms with E-state index in [0.717, 1.165) is 10.9 Å². The fraction of sp³-hybridized carbons (Fsp3) is 0.0417. The molecule has 0 aliphatic heterocycles. The van der Waals surface area contributed by atoms with E-state index in [0.29, 0.717) is 33.0 Å². The Morgan fingerprint density at radius 2 is 1.71 bits per heavy atom. The van der Waals surface area contributed by atoms with Gasteiger partial charge in [0.25, 0.3) is 5.91 Å². The van der Waals surface area contributed by atoms with E-state index in [2.05, 4.69) is 10.6 Å². The van der Waals surface area contributed by atoms with Crippen LogP contribution in [0.1, 0.15) is 15.9 Å². The predicted molar refractivity (Wildman–Crippen MR) is 128 cm³/mol. The topological polar surface area (TPSA) is 71.3 Å². The van der Waals surface area contributed by atoms with Crippen molar-refractivity contribution in [2.75, 3.05) is 5.32 Å². The van der Waals surface area contributed by atoms with Crippen molar-refractivity contribution in [2.45, 2.75) is 6.92 Å². The molecule has 0 atom stereocenters. The molecule has 0 aliphatic carbocycles. The van der Waals surface area contributed by atoms with Crippen molar-refractivity contribution in [3.05, 3.63) is 99.4 Å². The van der Waals surface area contributed by atoms with E-state index in [-0.39, 0.29) is 11.0 Å². The third kappa shape index (κ3) is 4.66. The van der Waals surface area contributed by atoms with E-state index in [1.807, 2.05) is 31.2 Å². The zero-order chi connectivity index (χ0) is 22.0. The minimum atomic E-state index is -0.470. The number of hydrogen-bond acceptors (Lipinski definition) is 4. The monoisotopic (exact) mass is 448 g/mol. The smallest absolute Gasteiger partial charge is 0.344 e. The summed E-state index contributed by atoms with van der Waals surface area (Å²) in [5, 5.41) is 6.85. The normalized spacial score (nSPS) is 10.6. The Labute approximate surface area is 188 Å². The molecule has 0 bridgehead atoms. The molecule has 0 fully saturated rings. The summed E-state index contributed by atoms with van der Waals surface area (Å²) in [5.41, 5.74) is 3.10. The predicted octanol–water partition coefficient (Wildman–Crippen LogP) is 5.55. The number of amides is 1. The summed E-state index contributed by atoms with van der Waals surface area (Å²) in [4.78, 5) is 24.7. The first-order valence-electron chi connectivity index (χ1n) is 9.42. The van der Waals surface area contributed by atoms with Gasteiger partial charge in [-0.3, -0.25) is 10.1 Å². The molecule has 1 amide bonds. The van der Waals surface area contributed by atoms with E-state index < -0.39 is 5.63 Å². The van der Waals surface area contributed by atoms with Crippen LogP contribution in [0.15, 0.2) is 82.0 Å². The molecular formula is C24H17ClN2O3S. The highest BCUT2D eigenvalue weighted by Crippen LogP contribution is 2.30. The van der Waals surface area contributed by atoms with Crippen molar-refractivity contribution >= 4 is 51.5 Å². The second-order valence-electron chi connectivity index (χ2n) is 6.95. The number of nitrogens with one attached hydrogen (secondary N) is 2. The lowest BCUT2D eigenvalue weighted by atomic mass is 10.1. The van der Waals surface area contributed by atoms with Gasteiger partial charge in [-0.2, -0.15) is 0 Å². The Balaban J connectivity index is 1.52. The van der Waals surface area contributed by atoms with Crippen LogP contribution in [0.25, 0.3) is 22.1 Å². The fourth-order valence-corrected chi connectivity index (χ4v) is 3.60. The Morgan fingerprint density at radius 1 is 0.968 bits per heavy atom. The first-order valence-corrected chi connectivity index (χ1v) is 10.2. The van der Waals surface area contributed by atoms with Crippen LogP contribution < -0.4 is 16.3 Å². The Hall–Kier alpha value is -3.48. The van der Waals surface area contributed by atoms with Gasteiger partial charge in [-0.15, -0.1) is 0 Å². The highest BCUT2D eigenvalue weighted by molar-refractivity contribution is 7.80. The molecule has 0 aliphatic rings. The number of rotatable bonds is 3. The van der Waals surface area contributed by atoms with Crippen molar-refractivity contribution in [2.24, 2.45) is 0 Å². The maximum absolute atomic E-state index is 12.4. The van der Waals surface area contributed by atoms with Crippen molar-refractivity contribution in [1.29, 1.82) is 0 Å². The number of carbonyl (C=O) groups is 1. The number of halogens is 1. The third-order valence-corrected chi connectivity index (χ3v) is 5.22. The molecule has 5 nitrogen and oxygen atoms in total. The van der Waals surface area contributed by atoms with Gasteiger partial charge in [-0.25, -0.2) is 4.79 Å². The van der Waals surface area contributed by atoms with Gasteiger partial charge < -0.3 is 9.73 Å². The second kappa shape index (κ2) is 8.71. The number of thiocarbonyl (C=S) groups is 1. The third-order valence-electron chi connectivity index (χ3n) is 4.70. The van der Waals surface area contributed by atoms with Crippen LogP contribution >= 0.6 is 23.8 Å². The molecule has 154 valence electrons. The van der Waals surface area contributed by atoms with Crippen molar-refractivity contribution in [3.8, 4) is 11.1 Å². The van der Waals surface area contributed by atoms with E-state index in [1.165, 1.54) is 0 Å². The van der Waals surface area contributed by atoms with Crippen LogP contribution in [0.2, 0.25) is 5.02 Å². The van der Waals surface area contributed by atoms with Crippen molar-refractivity contribution < 1.29 is 9.21 Å². The quantitative estimate of drug-likeness (QED) is 0.317. The number of para-hydroxylation sites is 1. The average Bonchev–Trinajstić information content (AvgIpc) is 2.74. The van der Waals surface area contributed by atoms with Crippen LogP contribution in [0.4, 0.5) is 5.69 Å². The molecule has 2 N–H and O–H groups in total. The minimum absolute atomic E-state index is 0.139. The molecule has 0 unspecified atom stereocenters. The number of carbonyl (C=O) groups excluding carboxylic acids is 1. The standard InChI is InChI=1S/C24H17ClN2O3S/c1-14-6-8-15(9-7-14)22(28)27-24(31)26-17-10-11-18(20(25)13-17)19-12-16-4-2-3-5-21(16)30-23(19)29/h2-13H,1H3,(H2,26,27,28,31). The first-order chi connectivity index (χ1) is 14.9. The molecule has 31 heavy (non-hydrogen) atoms. The Morgan fingerprint density at radius 3 is 2.45 bits per heavy atom. The van der Waals surface area contributed by atoms with Crippen LogP contribution in [-0.4, -0.2) is 11.0 Å². The van der Waals surface area contributed by atoms with Gasteiger partial charge in [0, 0.05) is 22.2 Å². The Bertz CT molecular complexity index is 1360. The summed E-state index contributed by atoms with van der Waals surface area (Å²) in [5.74, 6) is -0.311. The van der Waals surface area contributed by atoms with Crippen LogP contribution in [0.5, 0.6) is 0 Å². The summed E-state index contributed by atoms with van der Waals surface area (Å²) in [6.07, 6.45) is 0. The van der Waals surface area contributed by atoms with Crippen molar-refractivity contribution in [3.63, 3.8) is 0 Å². The zero-order valence-corrected chi connectivity index (χ0v) is 18.0. The number of fused-ring (bicyclic) bond motifs is 1. The van der Waals surface area contributed by atoms with Crippen LogP contribution in [-0.2, 0) is 0 Å². The van der Waals surface area contributed by atoms with E-state index in [4.69, 9.17) is 28.2 Å². The summed E-state index contributed by atoms with van der Waals surface area (Å²) in [6.45, 7) is 1.95. The van der Waals surface area contributed by atoms with E-state index in [9.17, 15) is 9.59 Å². The van der Waals surface area contributed by atoms with Gasteiger partial charge in [-0.05, 0) is 55.5 Å². The molecular weight excluding hydrogens is 432 g/mol. The van der Waals surface area contributed by atoms with Crippen LogP contribution in [0.3, 0.4) is 0 Å². The summed E-state index contributed by atoms with van der Waals surface area (Å²) < 4.78 is 5.39. The Kier molecular flexibility index (Phi) is 5.84. The molecule has 0 radical (unpaired) electrons. The van der Waals surface area contributed by atoms with Gasteiger partial charge in [0.15, 0.2) is 5.11 Å². The molecule has 4 aromatic rings. The maximum Gasteiger partial charge on any atom is 0.344 e. The summed E-state index contributed by atoms with van der Waals surface area (Å²) in [6, 6.07) is 21.3. The molecule has 1 aromatic heterocycles. The highest BCUT2D eigenvalue weighted by atomic mass is 35.5. The minimum Gasteiger partial charge on any atom is -0.422 e. The maximum atomic E-state index is 12.4. The molecule has 0 saturated heterocycles. The second-order valence-corrected chi connectivity index (χ2v) is 7.77. The van der Waals surface area contributed by atoms with Gasteiger partial charge in [-0.1, -0.05) is 53.6 Å². The zero-order valence-electron chi connectivity index (χ0n) is 16.4. The van der Waals surface area contributed by atoms with Gasteiger partial charge >= 0.3 is 5.63 Å². The fourth-order valence-electron chi connectivity index (χ4n) is 3.10. The van der Waals surface area contributed by atoms with Gasteiger partial charge in [0.1, 0.15) is 5.58 Å². The number of hydrogen-bond donors (Lipinski definition) is 2. The number of aryl methyl sites for hydroxylation is 1. The molecule has 7 heteroatoms. The van der Waals surface area contributed by atoms with Gasteiger partial charge in [0.05, 0.1) is 10.6 Å². The van der Waals surface area contributed by atoms with E-state index >= 15 is 0 Å². The average molecular weight is 449 g/mol. The van der Waals surface area contributed by atoms with Gasteiger partial charge in [0.2, 0.25) is 0 Å². The largest absolute Gasteiger partial charge is 0.422 e. The first kappa shape index (κ1) is 20.8. The molecule has 0 spiro atoms. The number of anilines is 1. The molecule has 0 saturated carbocycles. The molecule has 4 rings (SSSR count). The molecule has 1 heterocycles. The lowest BCUT2D eigenvalue weighted by molar-refractivity contribution is 0.0977. The van der Waals surface area contributed by atoms with Crippen molar-refractivity contribution in [1.82, 2.24) is 5.32 Å². The number of benzene rings is 3. The lowest BCUT2D eigenvalue weighted by Gasteiger charge is -2.11. The van der Waals surface area contributed by atoms with Crippen LogP contribution in [0, 0.1) is 6.92 Å². The SMILES string of the molecule is Cc1ccc(C(=O)NC(=S)Nc2ccc(-c3cc4ccccc4oc3=O)c(Cl)c2)cc1. The highest BCUT2D eigenvalue weighted by Gasteiger charge is 2.13. The molecule has 3 aromatic carbocycles. The summed E-state index contributed by atoms with van der Waals surface area (Å²) >= 11 is 11.7.